The number of rotatable bonds is 7. The lowest BCUT2D eigenvalue weighted by Crippen LogP contribution is -2.30. The van der Waals surface area contributed by atoms with Gasteiger partial charge < -0.3 is 15.2 Å². The fraction of sp³-hybridized carbons (Fsp3) is 0.714. The minimum Gasteiger partial charge on any atom is -0.480 e. The zero-order chi connectivity index (χ0) is 12.6. The first kappa shape index (κ1) is 15.0. The maximum absolute atomic E-state index is 11.6. The van der Waals surface area contributed by atoms with Crippen molar-refractivity contribution in [3.05, 3.63) is 0 Å². The van der Waals surface area contributed by atoms with Gasteiger partial charge in [-0.05, 0) is 11.8 Å². The first-order chi connectivity index (χ1) is 7.31. The summed E-state index contributed by atoms with van der Waals surface area (Å²) in [4.78, 5) is 20.8. The summed E-state index contributed by atoms with van der Waals surface area (Å²) in [7, 11) is 0. The Morgan fingerprint density at radius 2 is 2.00 bits per heavy atom. The molecule has 0 aliphatic rings. The van der Waals surface area contributed by atoms with Crippen molar-refractivity contribution in [3.63, 3.8) is 0 Å². The number of carboxylic acids is 1. The molecule has 0 spiro atoms. The van der Waals surface area contributed by atoms with Crippen molar-refractivity contribution in [2.45, 2.75) is 5.51 Å². The van der Waals surface area contributed by atoms with Crippen LogP contribution in [0.15, 0.2) is 0 Å². The van der Waals surface area contributed by atoms with Gasteiger partial charge in [-0.2, -0.15) is 13.2 Å². The number of carboxylic acid groups (broad SMARTS) is 1. The molecule has 2 N–H and O–H groups in total. The first-order valence-electron chi connectivity index (χ1n) is 4.08. The number of hydrogen-bond donors (Lipinski definition) is 2. The molecule has 0 aromatic rings. The summed E-state index contributed by atoms with van der Waals surface area (Å²) in [5, 5.41) is 10.3. The zero-order valence-corrected chi connectivity index (χ0v) is 8.86. The first-order valence-corrected chi connectivity index (χ1v) is 5.07. The smallest absolute Gasteiger partial charge is 0.442 e. The second-order valence-corrected chi connectivity index (χ2v) is 3.57. The normalized spacial score (nSPS) is 11.2. The van der Waals surface area contributed by atoms with Crippen molar-refractivity contribution in [1.82, 2.24) is 5.32 Å². The highest BCUT2D eigenvalue weighted by atomic mass is 32.2. The van der Waals surface area contributed by atoms with Crippen LogP contribution >= 0.6 is 11.8 Å². The summed E-state index contributed by atoms with van der Waals surface area (Å²) in [6.07, 6.45) is 0. The van der Waals surface area contributed by atoms with Crippen molar-refractivity contribution in [1.29, 1.82) is 0 Å². The summed E-state index contributed by atoms with van der Waals surface area (Å²) < 4.78 is 39.5. The van der Waals surface area contributed by atoms with Gasteiger partial charge in [-0.3, -0.25) is 4.79 Å². The largest absolute Gasteiger partial charge is 0.480 e. The molecule has 0 saturated heterocycles. The van der Waals surface area contributed by atoms with Gasteiger partial charge in [0.25, 0.3) is 0 Å². The number of halogens is 3. The SMILES string of the molecule is O=C(O)COCCNC(=O)CSC(F)(F)F. The van der Waals surface area contributed by atoms with E-state index >= 15 is 0 Å². The van der Waals surface area contributed by atoms with Crippen molar-refractivity contribution in [2.75, 3.05) is 25.5 Å². The Morgan fingerprint density at radius 1 is 1.38 bits per heavy atom. The maximum Gasteiger partial charge on any atom is 0.442 e. The molecule has 94 valence electrons. The van der Waals surface area contributed by atoms with Gasteiger partial charge in [0.05, 0.1) is 12.4 Å². The molecule has 0 aromatic heterocycles. The Bertz CT molecular complexity index is 246. The molecule has 0 atom stereocenters. The molecule has 16 heavy (non-hydrogen) atoms. The Hall–Kier alpha value is -0.960. The van der Waals surface area contributed by atoms with E-state index in [1.54, 1.807) is 0 Å². The van der Waals surface area contributed by atoms with Gasteiger partial charge in [0.15, 0.2) is 0 Å². The third-order valence-corrected chi connectivity index (χ3v) is 1.89. The summed E-state index contributed by atoms with van der Waals surface area (Å²) in [6, 6.07) is 0. The van der Waals surface area contributed by atoms with Crippen LogP contribution < -0.4 is 5.32 Å². The third-order valence-electron chi connectivity index (χ3n) is 1.16. The molecule has 0 bridgehead atoms. The van der Waals surface area contributed by atoms with Crippen molar-refractivity contribution in [3.8, 4) is 0 Å². The summed E-state index contributed by atoms with van der Waals surface area (Å²) >= 11 is -0.437. The van der Waals surface area contributed by atoms with Gasteiger partial charge in [-0.15, -0.1) is 0 Å². The number of hydrogen-bond acceptors (Lipinski definition) is 4. The number of nitrogens with one attached hydrogen (secondary N) is 1. The summed E-state index contributed by atoms with van der Waals surface area (Å²) in [6.45, 7) is -0.591. The fourth-order valence-electron chi connectivity index (χ4n) is 0.621. The quantitative estimate of drug-likeness (QED) is 0.651. The van der Waals surface area contributed by atoms with E-state index < -0.39 is 41.5 Å². The minimum atomic E-state index is -4.43. The van der Waals surface area contributed by atoms with Crippen LogP contribution in [0.2, 0.25) is 0 Å². The molecule has 0 heterocycles. The molecule has 0 fully saturated rings. The highest BCUT2D eigenvalue weighted by Gasteiger charge is 2.29. The molecular formula is C7H10F3NO4S. The topological polar surface area (TPSA) is 75.6 Å². The van der Waals surface area contributed by atoms with Gasteiger partial charge in [-0.25, -0.2) is 4.79 Å². The third kappa shape index (κ3) is 11.1. The molecule has 5 nitrogen and oxygen atoms in total. The van der Waals surface area contributed by atoms with Crippen LogP contribution in [0.3, 0.4) is 0 Å². The summed E-state index contributed by atoms with van der Waals surface area (Å²) in [5.74, 6) is -2.65. The molecule has 0 aliphatic heterocycles. The number of carbonyl (C=O) groups excluding carboxylic acids is 1. The Morgan fingerprint density at radius 3 is 2.50 bits per heavy atom. The zero-order valence-electron chi connectivity index (χ0n) is 8.04. The average molecular weight is 261 g/mol. The van der Waals surface area contributed by atoms with Gasteiger partial charge >= 0.3 is 11.5 Å². The predicted molar refractivity (Wildman–Crippen MR) is 50.0 cm³/mol. The maximum atomic E-state index is 11.6. The Labute approximate surface area is 93.3 Å². The molecule has 0 aromatic carbocycles. The molecule has 0 rings (SSSR count). The molecule has 0 unspecified atom stereocenters. The van der Waals surface area contributed by atoms with Crippen LogP contribution in [0.4, 0.5) is 13.2 Å². The second-order valence-electron chi connectivity index (χ2n) is 2.53. The Balaban J connectivity index is 3.41. The predicted octanol–water partition coefficient (Wildman–Crippen LogP) is 0.457. The van der Waals surface area contributed by atoms with E-state index in [4.69, 9.17) is 5.11 Å². The number of ether oxygens (including phenoxy) is 1. The van der Waals surface area contributed by atoms with E-state index in [1.165, 1.54) is 0 Å². The monoisotopic (exact) mass is 261 g/mol. The van der Waals surface area contributed by atoms with E-state index in [2.05, 4.69) is 10.1 Å². The minimum absolute atomic E-state index is 0.0233. The van der Waals surface area contributed by atoms with Crippen LogP contribution in [0.5, 0.6) is 0 Å². The van der Waals surface area contributed by atoms with E-state index in [0.717, 1.165) is 0 Å². The van der Waals surface area contributed by atoms with Crippen LogP contribution in [0, 0.1) is 0 Å². The highest BCUT2D eigenvalue weighted by Crippen LogP contribution is 2.29. The lowest BCUT2D eigenvalue weighted by molar-refractivity contribution is -0.142. The number of amides is 1. The summed E-state index contributed by atoms with van der Waals surface area (Å²) in [5.41, 5.74) is -4.43. The number of alkyl halides is 3. The molecule has 0 aliphatic carbocycles. The van der Waals surface area contributed by atoms with E-state index in [0.29, 0.717) is 0 Å². The van der Waals surface area contributed by atoms with Gasteiger partial charge in [0.2, 0.25) is 5.91 Å². The van der Waals surface area contributed by atoms with E-state index in [1.807, 2.05) is 0 Å². The Kier molecular flexibility index (Phi) is 6.90. The lowest BCUT2D eigenvalue weighted by Gasteiger charge is -2.06. The fourth-order valence-corrected chi connectivity index (χ4v) is 1.02. The molecule has 9 heteroatoms. The molecule has 0 radical (unpaired) electrons. The van der Waals surface area contributed by atoms with Crippen LogP contribution in [0.1, 0.15) is 0 Å². The highest BCUT2D eigenvalue weighted by molar-refractivity contribution is 8.00. The van der Waals surface area contributed by atoms with Crippen LogP contribution in [0.25, 0.3) is 0 Å². The average Bonchev–Trinajstić information content (AvgIpc) is 2.12. The number of aliphatic carboxylic acids is 1. The molecule has 0 saturated carbocycles. The molecular weight excluding hydrogens is 251 g/mol. The van der Waals surface area contributed by atoms with Crippen LogP contribution in [-0.4, -0.2) is 48.0 Å². The second kappa shape index (κ2) is 7.34. The van der Waals surface area contributed by atoms with Crippen molar-refractivity contribution < 1.29 is 32.6 Å². The van der Waals surface area contributed by atoms with Gasteiger partial charge in [0, 0.05) is 6.54 Å². The van der Waals surface area contributed by atoms with Gasteiger partial charge in [0.1, 0.15) is 6.61 Å². The van der Waals surface area contributed by atoms with Crippen molar-refractivity contribution >= 4 is 23.6 Å². The van der Waals surface area contributed by atoms with E-state index in [9.17, 15) is 22.8 Å². The van der Waals surface area contributed by atoms with Crippen LogP contribution in [-0.2, 0) is 14.3 Å². The number of carbonyl (C=O) groups is 2. The lowest BCUT2D eigenvalue weighted by atomic mass is 10.6. The van der Waals surface area contributed by atoms with Gasteiger partial charge in [-0.1, -0.05) is 0 Å². The van der Waals surface area contributed by atoms with E-state index in [-0.39, 0.29) is 13.2 Å². The standard InChI is InChI=1S/C7H10F3NO4S/c8-7(9,10)16-4-5(12)11-1-2-15-3-6(13)14/h1-4H2,(H,11,12)(H,13,14). The molecule has 1 amide bonds. The van der Waals surface area contributed by atoms with Crippen molar-refractivity contribution in [2.24, 2.45) is 0 Å². The number of thioether (sulfide) groups is 1.